The zero-order valence-corrected chi connectivity index (χ0v) is 12.1. The van der Waals surface area contributed by atoms with Crippen LogP contribution in [0.1, 0.15) is 11.4 Å². The number of fused-ring (bicyclic) bond motifs is 1. The molecule has 2 heterocycles. The van der Waals surface area contributed by atoms with E-state index in [1.165, 1.54) is 10.4 Å². The van der Waals surface area contributed by atoms with Gasteiger partial charge >= 0.3 is 0 Å². The number of hydrogen-bond donors (Lipinski definition) is 1. The number of aryl methyl sites for hydroxylation is 1. The molecule has 1 aliphatic rings. The Bertz CT molecular complexity index is 802. The summed E-state index contributed by atoms with van der Waals surface area (Å²) in [5.41, 5.74) is 5.64. The van der Waals surface area contributed by atoms with Crippen molar-refractivity contribution in [3.05, 3.63) is 35.7 Å². The lowest BCUT2D eigenvalue weighted by atomic mass is 10.2. The van der Waals surface area contributed by atoms with E-state index in [2.05, 4.69) is 10.2 Å². The molecule has 1 aliphatic heterocycles. The van der Waals surface area contributed by atoms with Crippen molar-refractivity contribution in [2.45, 2.75) is 24.9 Å². The van der Waals surface area contributed by atoms with E-state index in [4.69, 9.17) is 5.73 Å². The first kappa shape index (κ1) is 14.0. The Hall–Kier alpha value is -2.00. The fourth-order valence-electron chi connectivity index (χ4n) is 2.33. The quantitative estimate of drug-likeness (QED) is 0.816. The molecule has 1 aromatic heterocycles. The van der Waals surface area contributed by atoms with E-state index in [1.807, 2.05) is 0 Å². The molecule has 112 valence electrons. The number of rotatable bonds is 2. The van der Waals surface area contributed by atoms with Gasteiger partial charge in [0.15, 0.2) is 0 Å². The van der Waals surface area contributed by atoms with Gasteiger partial charge < -0.3 is 10.3 Å². The van der Waals surface area contributed by atoms with Crippen LogP contribution in [0.4, 0.5) is 10.1 Å². The highest BCUT2D eigenvalue weighted by Gasteiger charge is 2.30. The van der Waals surface area contributed by atoms with Crippen LogP contribution in [0.25, 0.3) is 0 Å². The van der Waals surface area contributed by atoms with E-state index in [9.17, 15) is 12.8 Å². The molecule has 1 aromatic carbocycles. The van der Waals surface area contributed by atoms with Gasteiger partial charge in [0.05, 0.1) is 17.1 Å². The minimum atomic E-state index is -3.75. The smallest absolute Gasteiger partial charge is 0.243 e. The first-order valence-electron chi connectivity index (χ1n) is 6.32. The van der Waals surface area contributed by atoms with Gasteiger partial charge in [-0.1, -0.05) is 0 Å². The highest BCUT2D eigenvalue weighted by Crippen LogP contribution is 2.26. The van der Waals surface area contributed by atoms with Gasteiger partial charge in [-0.2, -0.15) is 4.31 Å². The second-order valence-electron chi connectivity index (χ2n) is 4.92. The third kappa shape index (κ3) is 2.28. The second-order valence-corrected chi connectivity index (χ2v) is 6.82. The molecule has 0 unspecified atom stereocenters. The molecule has 0 radical (unpaired) electrons. The van der Waals surface area contributed by atoms with Gasteiger partial charge in [-0.25, -0.2) is 12.8 Å². The summed E-state index contributed by atoms with van der Waals surface area (Å²) in [7, 11) is -3.75. The predicted molar refractivity (Wildman–Crippen MR) is 73.2 cm³/mol. The molecule has 2 aromatic rings. The van der Waals surface area contributed by atoms with Crippen molar-refractivity contribution in [3.8, 4) is 0 Å². The maximum atomic E-state index is 13.4. The number of sulfonamides is 1. The van der Waals surface area contributed by atoms with Gasteiger partial charge in [-0.05, 0) is 24.6 Å². The Morgan fingerprint density at radius 3 is 2.86 bits per heavy atom. The molecule has 0 aliphatic carbocycles. The van der Waals surface area contributed by atoms with Crippen LogP contribution in [-0.2, 0) is 23.1 Å². The lowest BCUT2D eigenvalue weighted by molar-refractivity contribution is 0.335. The van der Waals surface area contributed by atoms with E-state index < -0.39 is 15.8 Å². The van der Waals surface area contributed by atoms with Crippen LogP contribution in [0.3, 0.4) is 0 Å². The summed E-state index contributed by atoms with van der Waals surface area (Å²) in [5.74, 6) is -0.0394. The number of nitrogens with two attached hydrogens (primary N) is 1. The van der Waals surface area contributed by atoms with Crippen molar-refractivity contribution in [3.63, 3.8) is 0 Å². The Morgan fingerprint density at radius 1 is 1.33 bits per heavy atom. The second kappa shape index (κ2) is 4.78. The Morgan fingerprint density at radius 2 is 2.10 bits per heavy atom. The Kier molecular flexibility index (Phi) is 3.18. The zero-order chi connectivity index (χ0) is 15.2. The van der Waals surface area contributed by atoms with Crippen LogP contribution in [-0.4, -0.2) is 34.0 Å². The number of hydrogen-bond acceptors (Lipinski definition) is 5. The first-order chi connectivity index (χ1) is 9.89. The van der Waals surface area contributed by atoms with Crippen LogP contribution < -0.4 is 5.73 Å². The van der Waals surface area contributed by atoms with Gasteiger partial charge in [0, 0.05) is 13.1 Å². The molecule has 0 amide bonds. The fraction of sp³-hybridized carbons (Fsp3) is 0.333. The van der Waals surface area contributed by atoms with Crippen molar-refractivity contribution in [1.82, 2.24) is 19.1 Å². The van der Waals surface area contributed by atoms with Gasteiger partial charge in [-0.3, -0.25) is 0 Å². The maximum absolute atomic E-state index is 13.4. The molecule has 7 nitrogen and oxygen atoms in total. The molecule has 0 atom stereocenters. The van der Waals surface area contributed by atoms with E-state index in [0.717, 1.165) is 6.07 Å². The number of nitrogens with zero attached hydrogens (tertiary/aromatic N) is 4. The van der Waals surface area contributed by atoms with Gasteiger partial charge in [0.2, 0.25) is 10.0 Å². The number of halogens is 1. The topological polar surface area (TPSA) is 94.1 Å². The van der Waals surface area contributed by atoms with Crippen LogP contribution in [0, 0.1) is 12.7 Å². The minimum Gasteiger partial charge on any atom is -0.396 e. The lowest BCUT2D eigenvalue weighted by Gasteiger charge is -2.27. The largest absolute Gasteiger partial charge is 0.396 e. The summed E-state index contributed by atoms with van der Waals surface area (Å²) in [5, 5.41) is 7.65. The van der Waals surface area contributed by atoms with Crippen LogP contribution in [0.5, 0.6) is 0 Å². The average Bonchev–Trinajstić information content (AvgIpc) is 2.90. The number of aromatic nitrogens is 3. The minimum absolute atomic E-state index is 0.0226. The van der Waals surface area contributed by atoms with E-state index in [-0.39, 0.29) is 17.1 Å². The highest BCUT2D eigenvalue weighted by molar-refractivity contribution is 7.89. The summed E-state index contributed by atoms with van der Waals surface area (Å²) in [6, 6.07) is 2.30. The Labute approximate surface area is 121 Å². The van der Waals surface area contributed by atoms with Crippen molar-refractivity contribution in [1.29, 1.82) is 0 Å². The highest BCUT2D eigenvalue weighted by atomic mass is 32.2. The van der Waals surface area contributed by atoms with Crippen molar-refractivity contribution < 1.29 is 12.8 Å². The summed E-state index contributed by atoms with van der Waals surface area (Å²) in [6.07, 6.45) is 1.57. The first-order valence-corrected chi connectivity index (χ1v) is 7.76. The molecular weight excluding hydrogens is 297 g/mol. The zero-order valence-electron chi connectivity index (χ0n) is 11.3. The number of anilines is 1. The molecule has 2 N–H and O–H groups in total. The van der Waals surface area contributed by atoms with E-state index in [0.29, 0.717) is 24.5 Å². The molecule has 9 heteroatoms. The normalized spacial score (nSPS) is 15.9. The summed E-state index contributed by atoms with van der Waals surface area (Å²) < 4.78 is 41.9. The van der Waals surface area contributed by atoms with Gasteiger partial charge in [0.25, 0.3) is 0 Å². The van der Waals surface area contributed by atoms with Crippen molar-refractivity contribution in [2.24, 2.45) is 0 Å². The summed E-state index contributed by atoms with van der Waals surface area (Å²) in [4.78, 5) is 0.0226. The van der Waals surface area contributed by atoms with Crippen LogP contribution in [0.15, 0.2) is 23.4 Å². The number of benzene rings is 1. The SMILES string of the molecule is Cc1cc(F)c(N)cc1S(=O)(=O)N1CCn2cnnc2C1. The predicted octanol–water partition coefficient (Wildman–Crippen LogP) is 0.512. The van der Waals surface area contributed by atoms with Crippen LogP contribution >= 0.6 is 0 Å². The third-order valence-corrected chi connectivity index (χ3v) is 5.50. The van der Waals surface area contributed by atoms with Crippen molar-refractivity contribution in [2.75, 3.05) is 12.3 Å². The monoisotopic (exact) mass is 311 g/mol. The molecule has 0 spiro atoms. The van der Waals surface area contributed by atoms with E-state index >= 15 is 0 Å². The molecule has 0 bridgehead atoms. The van der Waals surface area contributed by atoms with E-state index in [1.54, 1.807) is 17.8 Å². The molecule has 0 saturated heterocycles. The Balaban J connectivity index is 2.00. The van der Waals surface area contributed by atoms with Crippen molar-refractivity contribution >= 4 is 15.7 Å². The fourth-order valence-corrected chi connectivity index (χ4v) is 3.96. The van der Waals surface area contributed by atoms with Gasteiger partial charge in [-0.15, -0.1) is 10.2 Å². The molecule has 0 saturated carbocycles. The van der Waals surface area contributed by atoms with Gasteiger partial charge in [0.1, 0.15) is 18.0 Å². The molecule has 0 fully saturated rings. The summed E-state index contributed by atoms with van der Waals surface area (Å²) in [6.45, 7) is 2.47. The standard InChI is InChI=1S/C12H14FN5O2S/c1-8-4-9(13)10(14)5-11(8)21(19,20)18-3-2-17-7-15-16-12(17)6-18/h4-5,7H,2-3,6,14H2,1H3. The molecular formula is C12H14FN5O2S. The molecule has 21 heavy (non-hydrogen) atoms. The third-order valence-electron chi connectivity index (χ3n) is 3.52. The average molecular weight is 311 g/mol. The maximum Gasteiger partial charge on any atom is 0.243 e. The molecule has 3 rings (SSSR count). The number of nitrogen functional groups attached to an aromatic ring is 1. The van der Waals surface area contributed by atoms with Crippen LogP contribution in [0.2, 0.25) is 0 Å². The summed E-state index contributed by atoms with van der Waals surface area (Å²) >= 11 is 0. The lowest BCUT2D eigenvalue weighted by Crippen LogP contribution is -2.38.